The lowest BCUT2D eigenvalue weighted by atomic mass is 10.1. The minimum absolute atomic E-state index is 0.338. The summed E-state index contributed by atoms with van der Waals surface area (Å²) in [6, 6.07) is 11.0. The molecule has 0 aliphatic heterocycles. The van der Waals surface area contributed by atoms with Crippen molar-refractivity contribution in [3.63, 3.8) is 0 Å². The Labute approximate surface area is 125 Å². The summed E-state index contributed by atoms with van der Waals surface area (Å²) in [6.45, 7) is 5.14. The van der Waals surface area contributed by atoms with Crippen LogP contribution in [0.2, 0.25) is 4.34 Å². The average Bonchev–Trinajstić information content (AvgIpc) is 2.66. The third kappa shape index (κ3) is 3.58. The third-order valence-electron chi connectivity index (χ3n) is 2.82. The molecule has 0 unspecified atom stereocenters. The molecule has 0 saturated heterocycles. The number of thiophene rings is 1. The van der Waals surface area contributed by atoms with Gasteiger partial charge in [0.05, 0.1) is 0 Å². The summed E-state index contributed by atoms with van der Waals surface area (Å²) in [5.41, 5.74) is 2.61. The molecule has 1 aromatic heterocycles. The van der Waals surface area contributed by atoms with Gasteiger partial charge in [0.2, 0.25) is 0 Å². The highest BCUT2D eigenvalue weighted by Gasteiger charge is 2.08. The smallest absolute Gasteiger partial charge is 0.107 e. The molecule has 0 spiro atoms. The van der Waals surface area contributed by atoms with Gasteiger partial charge in [-0.15, -0.1) is 11.3 Å². The van der Waals surface area contributed by atoms with Crippen LogP contribution in [-0.4, -0.2) is 0 Å². The van der Waals surface area contributed by atoms with E-state index in [9.17, 15) is 0 Å². The fourth-order valence-corrected chi connectivity index (χ4v) is 3.53. The van der Waals surface area contributed by atoms with E-state index >= 15 is 0 Å². The van der Waals surface area contributed by atoms with Crippen molar-refractivity contribution in [1.82, 2.24) is 5.32 Å². The predicted octanol–water partition coefficient (Wildman–Crippen LogP) is 5.32. The molecule has 1 aromatic carbocycles. The van der Waals surface area contributed by atoms with Gasteiger partial charge in [-0.2, -0.15) is 0 Å². The molecule has 1 atom stereocenters. The number of benzene rings is 1. The zero-order valence-electron chi connectivity index (χ0n) is 10.3. The number of nitrogens with one attached hydrogen (secondary N) is 1. The van der Waals surface area contributed by atoms with Gasteiger partial charge < -0.3 is 5.32 Å². The standard InChI is InChI=1S/C14H15BrClNS/c1-9-4-3-5-11(6-9)10(2)17-8-12-7-13(15)14(16)18-12/h3-7,10,17H,8H2,1-2H3/t10-/m0/s1. The molecule has 1 heterocycles. The molecule has 0 aliphatic rings. The van der Waals surface area contributed by atoms with Gasteiger partial charge in [0.15, 0.2) is 0 Å². The Morgan fingerprint density at radius 3 is 2.78 bits per heavy atom. The maximum Gasteiger partial charge on any atom is 0.107 e. The maximum atomic E-state index is 6.03. The summed E-state index contributed by atoms with van der Waals surface area (Å²) in [6.07, 6.45) is 0. The molecule has 0 fully saturated rings. The van der Waals surface area contributed by atoms with Gasteiger partial charge in [-0.05, 0) is 41.4 Å². The van der Waals surface area contributed by atoms with E-state index in [0.717, 1.165) is 15.4 Å². The van der Waals surface area contributed by atoms with Crippen LogP contribution in [0.3, 0.4) is 0 Å². The summed E-state index contributed by atoms with van der Waals surface area (Å²) in [5.74, 6) is 0. The lowest BCUT2D eigenvalue weighted by molar-refractivity contribution is 0.578. The first kappa shape index (κ1) is 14.1. The lowest BCUT2D eigenvalue weighted by Gasteiger charge is -2.14. The molecule has 1 N–H and O–H groups in total. The van der Waals surface area contributed by atoms with Gasteiger partial charge in [0.25, 0.3) is 0 Å². The molecule has 0 bridgehead atoms. The molecule has 0 aliphatic carbocycles. The number of halogens is 2. The molecule has 0 saturated carbocycles. The molecule has 96 valence electrons. The summed E-state index contributed by atoms with van der Waals surface area (Å²) >= 11 is 11.1. The number of hydrogen-bond donors (Lipinski definition) is 1. The Morgan fingerprint density at radius 1 is 1.39 bits per heavy atom. The van der Waals surface area contributed by atoms with E-state index < -0.39 is 0 Å². The van der Waals surface area contributed by atoms with Crippen molar-refractivity contribution in [2.24, 2.45) is 0 Å². The Kier molecular flexibility index (Phi) is 4.84. The summed E-state index contributed by atoms with van der Waals surface area (Å²) in [4.78, 5) is 1.24. The fourth-order valence-electron chi connectivity index (χ4n) is 1.79. The minimum Gasteiger partial charge on any atom is -0.305 e. The minimum atomic E-state index is 0.338. The fraction of sp³-hybridized carbons (Fsp3) is 0.286. The van der Waals surface area contributed by atoms with Crippen molar-refractivity contribution >= 4 is 38.9 Å². The molecule has 0 amide bonds. The van der Waals surface area contributed by atoms with E-state index in [2.05, 4.69) is 65.4 Å². The monoisotopic (exact) mass is 343 g/mol. The highest BCUT2D eigenvalue weighted by Crippen LogP contribution is 2.32. The molecular formula is C14H15BrClNS. The van der Waals surface area contributed by atoms with Crippen LogP contribution in [0.15, 0.2) is 34.8 Å². The van der Waals surface area contributed by atoms with Crippen LogP contribution in [0.5, 0.6) is 0 Å². The Balaban J connectivity index is 1.98. The normalized spacial score (nSPS) is 12.7. The van der Waals surface area contributed by atoms with Crippen molar-refractivity contribution in [2.75, 3.05) is 0 Å². The van der Waals surface area contributed by atoms with Crippen LogP contribution in [0, 0.1) is 6.92 Å². The highest BCUT2D eigenvalue weighted by molar-refractivity contribution is 9.10. The van der Waals surface area contributed by atoms with Crippen LogP contribution >= 0.6 is 38.9 Å². The SMILES string of the molecule is Cc1cccc([C@H](C)NCc2cc(Br)c(Cl)s2)c1. The van der Waals surface area contributed by atoms with E-state index in [1.165, 1.54) is 16.0 Å². The molecule has 2 aromatic rings. The van der Waals surface area contributed by atoms with Crippen molar-refractivity contribution in [1.29, 1.82) is 0 Å². The maximum absolute atomic E-state index is 6.03. The van der Waals surface area contributed by atoms with Crippen LogP contribution in [0.1, 0.15) is 29.0 Å². The van der Waals surface area contributed by atoms with Crippen LogP contribution in [0.25, 0.3) is 0 Å². The second kappa shape index (κ2) is 6.20. The van der Waals surface area contributed by atoms with Crippen molar-refractivity contribution in [3.8, 4) is 0 Å². The topological polar surface area (TPSA) is 12.0 Å². The summed E-state index contributed by atoms with van der Waals surface area (Å²) < 4.78 is 1.80. The van der Waals surface area contributed by atoms with Gasteiger partial charge in [0.1, 0.15) is 4.34 Å². The third-order valence-corrected chi connectivity index (χ3v) is 5.30. The van der Waals surface area contributed by atoms with Gasteiger partial charge in [-0.3, -0.25) is 0 Å². The molecular weight excluding hydrogens is 330 g/mol. The molecule has 18 heavy (non-hydrogen) atoms. The quantitative estimate of drug-likeness (QED) is 0.791. The largest absolute Gasteiger partial charge is 0.305 e. The highest BCUT2D eigenvalue weighted by atomic mass is 79.9. The van der Waals surface area contributed by atoms with Crippen molar-refractivity contribution in [2.45, 2.75) is 26.4 Å². The van der Waals surface area contributed by atoms with Gasteiger partial charge in [-0.1, -0.05) is 41.4 Å². The second-order valence-electron chi connectivity index (χ2n) is 4.35. The molecule has 1 nitrogen and oxygen atoms in total. The first-order valence-corrected chi connectivity index (χ1v) is 7.78. The van der Waals surface area contributed by atoms with Crippen LogP contribution in [0.4, 0.5) is 0 Å². The van der Waals surface area contributed by atoms with E-state index in [-0.39, 0.29) is 0 Å². The number of hydrogen-bond acceptors (Lipinski definition) is 2. The van der Waals surface area contributed by atoms with E-state index in [1.807, 2.05) is 0 Å². The Morgan fingerprint density at radius 2 is 2.17 bits per heavy atom. The van der Waals surface area contributed by atoms with Gasteiger partial charge in [0, 0.05) is 21.9 Å². The predicted molar refractivity (Wildman–Crippen MR) is 83.5 cm³/mol. The Bertz CT molecular complexity index is 519. The van der Waals surface area contributed by atoms with Gasteiger partial charge >= 0.3 is 0 Å². The molecule has 0 radical (unpaired) electrons. The van der Waals surface area contributed by atoms with E-state index in [1.54, 1.807) is 11.3 Å². The summed E-state index contributed by atoms with van der Waals surface area (Å²) in [7, 11) is 0. The first-order chi connectivity index (χ1) is 8.56. The van der Waals surface area contributed by atoms with Crippen molar-refractivity contribution in [3.05, 3.63) is 55.1 Å². The second-order valence-corrected chi connectivity index (χ2v) is 6.94. The first-order valence-electron chi connectivity index (χ1n) is 5.80. The zero-order chi connectivity index (χ0) is 13.1. The average molecular weight is 345 g/mol. The molecule has 2 rings (SSSR count). The number of aryl methyl sites for hydroxylation is 1. The van der Waals surface area contributed by atoms with Crippen LogP contribution in [-0.2, 0) is 6.54 Å². The van der Waals surface area contributed by atoms with Crippen LogP contribution < -0.4 is 5.32 Å². The Hall–Kier alpha value is -0.350. The molecule has 4 heteroatoms. The number of rotatable bonds is 4. The summed E-state index contributed by atoms with van der Waals surface area (Å²) in [5, 5.41) is 3.51. The van der Waals surface area contributed by atoms with Crippen molar-refractivity contribution < 1.29 is 0 Å². The van der Waals surface area contributed by atoms with Gasteiger partial charge in [-0.25, -0.2) is 0 Å². The van der Waals surface area contributed by atoms with E-state index in [0.29, 0.717) is 6.04 Å². The zero-order valence-corrected chi connectivity index (χ0v) is 13.5. The lowest BCUT2D eigenvalue weighted by Crippen LogP contribution is -2.17. The van der Waals surface area contributed by atoms with E-state index in [4.69, 9.17) is 11.6 Å².